The van der Waals surface area contributed by atoms with Crippen LogP contribution in [0.1, 0.15) is 40.2 Å². The fraction of sp³-hybridized carbons (Fsp3) is 0.214. The normalized spacial score (nSPS) is 14.8. The fourth-order valence-corrected chi connectivity index (χ4v) is 5.04. The molecule has 0 radical (unpaired) electrons. The zero-order valence-electron chi connectivity index (χ0n) is 20.3. The van der Waals surface area contributed by atoms with Gasteiger partial charge in [0.25, 0.3) is 5.91 Å². The number of methoxy groups -OCH3 is 3. The second-order valence-electron chi connectivity index (χ2n) is 8.37. The lowest BCUT2D eigenvalue weighted by molar-refractivity contribution is 0.0971. The highest BCUT2D eigenvalue weighted by Crippen LogP contribution is 2.46. The molecule has 3 aromatic carbocycles. The minimum atomic E-state index is -0.770. The average Bonchev–Trinajstić information content (AvgIpc) is 3.20. The van der Waals surface area contributed by atoms with E-state index in [0.717, 1.165) is 16.5 Å². The van der Waals surface area contributed by atoms with Crippen LogP contribution in [-0.2, 0) is 6.42 Å². The van der Waals surface area contributed by atoms with E-state index in [0.29, 0.717) is 39.5 Å². The zero-order chi connectivity index (χ0) is 25.6. The summed E-state index contributed by atoms with van der Waals surface area (Å²) in [5.41, 5.74) is 2.75. The molecule has 1 unspecified atom stereocenters. The monoisotopic (exact) mass is 549 g/mol. The number of ether oxygens (including phenoxy) is 3. The molecule has 1 aromatic heterocycles. The largest absolute Gasteiger partial charge is 0.493 e. The summed E-state index contributed by atoms with van der Waals surface area (Å²) in [5.74, 6) is 0.883. The van der Waals surface area contributed by atoms with Gasteiger partial charge in [0.05, 0.1) is 38.3 Å². The molecule has 0 bridgehead atoms. The number of nitrogens with zero attached hydrogens (tertiary/aromatic N) is 1. The first kappa shape index (κ1) is 23.9. The van der Waals surface area contributed by atoms with Gasteiger partial charge in [-0.05, 0) is 60.0 Å². The highest BCUT2D eigenvalue weighted by atomic mass is 79.9. The summed E-state index contributed by atoms with van der Waals surface area (Å²) < 4.78 is 23.4. The van der Waals surface area contributed by atoms with Crippen LogP contribution in [0.4, 0.5) is 5.69 Å². The van der Waals surface area contributed by atoms with Gasteiger partial charge in [-0.1, -0.05) is 35.0 Å². The molecule has 0 N–H and O–H groups in total. The number of benzene rings is 3. The molecule has 5 rings (SSSR count). The van der Waals surface area contributed by atoms with E-state index in [-0.39, 0.29) is 16.8 Å². The van der Waals surface area contributed by atoms with Crippen LogP contribution in [0.3, 0.4) is 0 Å². The molecule has 2 heterocycles. The van der Waals surface area contributed by atoms with Gasteiger partial charge in [0.1, 0.15) is 5.58 Å². The van der Waals surface area contributed by atoms with Gasteiger partial charge in [0.2, 0.25) is 11.5 Å². The van der Waals surface area contributed by atoms with Crippen LogP contribution in [0, 0.1) is 0 Å². The minimum absolute atomic E-state index is 0.0214. The van der Waals surface area contributed by atoms with Crippen molar-refractivity contribution < 1.29 is 23.4 Å². The predicted octanol–water partition coefficient (Wildman–Crippen LogP) is 5.89. The highest BCUT2D eigenvalue weighted by Gasteiger charge is 2.44. The van der Waals surface area contributed by atoms with E-state index in [1.54, 1.807) is 35.2 Å². The van der Waals surface area contributed by atoms with Crippen molar-refractivity contribution in [1.82, 2.24) is 0 Å². The summed E-state index contributed by atoms with van der Waals surface area (Å²) in [6.07, 6.45) is 0.866. The van der Waals surface area contributed by atoms with Crippen LogP contribution < -0.4 is 24.5 Å². The third-order valence-corrected chi connectivity index (χ3v) is 6.95. The predicted molar refractivity (Wildman–Crippen MR) is 141 cm³/mol. The maximum Gasteiger partial charge on any atom is 0.295 e. The first-order valence-electron chi connectivity index (χ1n) is 11.4. The highest BCUT2D eigenvalue weighted by molar-refractivity contribution is 9.10. The number of halogens is 1. The van der Waals surface area contributed by atoms with Crippen molar-refractivity contribution >= 4 is 38.5 Å². The van der Waals surface area contributed by atoms with E-state index in [2.05, 4.69) is 22.9 Å². The number of fused-ring (bicyclic) bond motifs is 2. The minimum Gasteiger partial charge on any atom is -0.493 e. The Morgan fingerprint density at radius 2 is 1.58 bits per heavy atom. The fourth-order valence-electron chi connectivity index (χ4n) is 4.68. The van der Waals surface area contributed by atoms with Gasteiger partial charge in [0.15, 0.2) is 16.9 Å². The van der Waals surface area contributed by atoms with Gasteiger partial charge in [-0.2, -0.15) is 0 Å². The van der Waals surface area contributed by atoms with E-state index in [4.69, 9.17) is 18.6 Å². The number of anilines is 1. The first-order chi connectivity index (χ1) is 17.4. The lowest BCUT2D eigenvalue weighted by Gasteiger charge is -2.26. The molecule has 0 spiro atoms. The van der Waals surface area contributed by atoms with Gasteiger partial charge in [-0.3, -0.25) is 14.5 Å². The summed E-state index contributed by atoms with van der Waals surface area (Å²) in [7, 11) is 4.57. The summed E-state index contributed by atoms with van der Waals surface area (Å²) in [6, 6.07) is 15.6. The molecule has 0 fully saturated rings. The van der Waals surface area contributed by atoms with Gasteiger partial charge >= 0.3 is 0 Å². The first-order valence-corrected chi connectivity index (χ1v) is 12.2. The van der Waals surface area contributed by atoms with Crippen molar-refractivity contribution in [1.29, 1.82) is 0 Å². The van der Waals surface area contributed by atoms with Gasteiger partial charge < -0.3 is 18.6 Å². The Morgan fingerprint density at radius 3 is 2.17 bits per heavy atom. The number of hydrogen-bond acceptors (Lipinski definition) is 6. The Balaban J connectivity index is 1.82. The number of rotatable bonds is 6. The van der Waals surface area contributed by atoms with Gasteiger partial charge in [-0.25, -0.2) is 0 Å². The van der Waals surface area contributed by atoms with E-state index in [1.807, 2.05) is 24.3 Å². The summed E-state index contributed by atoms with van der Waals surface area (Å²) in [4.78, 5) is 29.3. The molecular weight excluding hydrogens is 526 g/mol. The molecular formula is C28H24BrNO6. The molecule has 1 amide bonds. The van der Waals surface area contributed by atoms with Crippen LogP contribution in [0.5, 0.6) is 17.2 Å². The standard InChI is InChI=1S/C28H24BrNO6/c1-5-15-6-9-18(10-7-15)30-24(16-12-21(33-2)26(35-4)22(13-16)34-3)23-25(31)19-14-17(29)8-11-20(19)36-27(23)28(30)32/h6-14,24H,5H2,1-4H3. The Kier molecular flexibility index (Phi) is 6.22. The lowest BCUT2D eigenvalue weighted by Crippen LogP contribution is -2.29. The molecule has 0 saturated heterocycles. The van der Waals surface area contributed by atoms with E-state index in [1.165, 1.54) is 21.3 Å². The van der Waals surface area contributed by atoms with Crippen molar-refractivity contribution in [3.63, 3.8) is 0 Å². The van der Waals surface area contributed by atoms with Crippen molar-refractivity contribution in [2.24, 2.45) is 0 Å². The lowest BCUT2D eigenvalue weighted by atomic mass is 9.97. The van der Waals surface area contributed by atoms with Gasteiger partial charge in [0, 0.05) is 10.2 Å². The second-order valence-corrected chi connectivity index (χ2v) is 9.29. The summed E-state index contributed by atoms with van der Waals surface area (Å²) in [6.45, 7) is 2.07. The number of aryl methyl sites for hydroxylation is 1. The van der Waals surface area contributed by atoms with Crippen molar-refractivity contribution in [2.75, 3.05) is 26.2 Å². The van der Waals surface area contributed by atoms with Crippen molar-refractivity contribution in [3.05, 3.63) is 91.7 Å². The number of hydrogen-bond donors (Lipinski definition) is 0. The van der Waals surface area contributed by atoms with Crippen molar-refractivity contribution in [3.8, 4) is 17.2 Å². The molecule has 184 valence electrons. The molecule has 4 aromatic rings. The quantitative estimate of drug-likeness (QED) is 0.298. The van der Waals surface area contributed by atoms with Crippen LogP contribution in [0.25, 0.3) is 11.0 Å². The SMILES string of the molecule is CCc1ccc(N2C(=O)c3oc4ccc(Br)cc4c(=O)c3C2c2cc(OC)c(OC)c(OC)c2)cc1. The molecule has 0 aliphatic carbocycles. The topological polar surface area (TPSA) is 78.2 Å². The third kappa shape index (κ3) is 3.73. The third-order valence-electron chi connectivity index (χ3n) is 6.46. The zero-order valence-corrected chi connectivity index (χ0v) is 21.8. The Morgan fingerprint density at radius 1 is 0.917 bits per heavy atom. The Labute approximate surface area is 216 Å². The van der Waals surface area contributed by atoms with E-state index in [9.17, 15) is 9.59 Å². The van der Waals surface area contributed by atoms with E-state index < -0.39 is 11.9 Å². The van der Waals surface area contributed by atoms with Gasteiger partial charge in [-0.15, -0.1) is 0 Å². The summed E-state index contributed by atoms with van der Waals surface area (Å²) in [5, 5.41) is 0.386. The molecule has 1 aliphatic heterocycles. The maximum absolute atomic E-state index is 13.9. The number of carbonyl (C=O) groups excluding carboxylic acids is 1. The Bertz CT molecular complexity index is 1520. The van der Waals surface area contributed by atoms with E-state index >= 15 is 0 Å². The van der Waals surface area contributed by atoms with Crippen LogP contribution in [0.2, 0.25) is 0 Å². The van der Waals surface area contributed by atoms with Crippen LogP contribution in [0.15, 0.2) is 68.3 Å². The second kappa shape index (κ2) is 9.35. The average molecular weight is 550 g/mol. The molecule has 1 aliphatic rings. The van der Waals surface area contributed by atoms with Crippen LogP contribution >= 0.6 is 15.9 Å². The molecule has 8 heteroatoms. The molecule has 7 nitrogen and oxygen atoms in total. The molecule has 0 saturated carbocycles. The maximum atomic E-state index is 13.9. The Hall–Kier alpha value is -3.78. The molecule has 36 heavy (non-hydrogen) atoms. The van der Waals surface area contributed by atoms with Crippen LogP contribution in [-0.4, -0.2) is 27.2 Å². The number of amides is 1. The smallest absolute Gasteiger partial charge is 0.295 e. The summed E-state index contributed by atoms with van der Waals surface area (Å²) >= 11 is 3.43. The number of carbonyl (C=O) groups is 1. The van der Waals surface area contributed by atoms with Crippen molar-refractivity contribution in [2.45, 2.75) is 19.4 Å². The molecule has 1 atom stereocenters.